The molecule has 1 N–H and O–H groups in total. The molecule has 2 aromatic rings. The predicted octanol–water partition coefficient (Wildman–Crippen LogP) is 3.76. The summed E-state index contributed by atoms with van der Waals surface area (Å²) in [5.74, 6) is 0.926. The quantitative estimate of drug-likeness (QED) is 0.783. The van der Waals surface area contributed by atoms with Crippen molar-refractivity contribution in [2.24, 2.45) is 0 Å². The van der Waals surface area contributed by atoms with Crippen molar-refractivity contribution >= 4 is 12.4 Å². The van der Waals surface area contributed by atoms with Gasteiger partial charge in [-0.05, 0) is 43.5 Å². The smallest absolute Gasteiger partial charge is 0.119 e. The summed E-state index contributed by atoms with van der Waals surface area (Å²) in [5.41, 5.74) is 2.58. The van der Waals surface area contributed by atoms with E-state index in [1.54, 1.807) is 7.11 Å². The number of rotatable bonds is 7. The zero-order valence-corrected chi connectivity index (χ0v) is 14.5. The third-order valence-corrected chi connectivity index (χ3v) is 4.41. The van der Waals surface area contributed by atoms with Gasteiger partial charge in [-0.1, -0.05) is 25.0 Å². The maximum atomic E-state index is 5.25. The highest BCUT2D eigenvalue weighted by molar-refractivity contribution is 5.85. The van der Waals surface area contributed by atoms with E-state index >= 15 is 0 Å². The normalized spacial score (nSPS) is 14.7. The molecule has 0 aliphatic heterocycles. The predicted molar refractivity (Wildman–Crippen MR) is 95.4 cm³/mol. The number of halogens is 1. The van der Waals surface area contributed by atoms with Gasteiger partial charge in [0.2, 0.25) is 0 Å². The SMILES string of the molecule is COc1cccc(CCNCc2cnn(C3CCCC3)c2)c1.Cl. The van der Waals surface area contributed by atoms with Crippen molar-refractivity contribution in [3.63, 3.8) is 0 Å². The lowest BCUT2D eigenvalue weighted by Crippen LogP contribution is -2.16. The summed E-state index contributed by atoms with van der Waals surface area (Å²) in [7, 11) is 1.71. The monoisotopic (exact) mass is 335 g/mol. The van der Waals surface area contributed by atoms with Crippen LogP contribution in [0.2, 0.25) is 0 Å². The van der Waals surface area contributed by atoms with Crippen molar-refractivity contribution in [2.45, 2.75) is 44.7 Å². The lowest BCUT2D eigenvalue weighted by Gasteiger charge is -2.08. The van der Waals surface area contributed by atoms with Crippen LogP contribution in [-0.4, -0.2) is 23.4 Å². The van der Waals surface area contributed by atoms with Crippen molar-refractivity contribution in [2.75, 3.05) is 13.7 Å². The largest absolute Gasteiger partial charge is 0.497 e. The zero-order valence-electron chi connectivity index (χ0n) is 13.7. The van der Waals surface area contributed by atoms with Crippen LogP contribution in [0.5, 0.6) is 5.75 Å². The molecule has 0 atom stereocenters. The minimum atomic E-state index is 0. The molecule has 4 nitrogen and oxygen atoms in total. The average Bonchev–Trinajstić information content (AvgIpc) is 3.23. The molecule has 1 heterocycles. The van der Waals surface area contributed by atoms with Crippen LogP contribution in [0, 0.1) is 0 Å². The van der Waals surface area contributed by atoms with Crippen LogP contribution in [0.1, 0.15) is 42.9 Å². The molecular weight excluding hydrogens is 310 g/mol. The number of nitrogens with zero attached hydrogens (tertiary/aromatic N) is 2. The van der Waals surface area contributed by atoms with Gasteiger partial charge in [-0.15, -0.1) is 12.4 Å². The number of methoxy groups -OCH3 is 1. The molecule has 126 valence electrons. The topological polar surface area (TPSA) is 39.1 Å². The van der Waals surface area contributed by atoms with Gasteiger partial charge in [0.15, 0.2) is 0 Å². The molecule has 1 aromatic carbocycles. The van der Waals surface area contributed by atoms with E-state index in [2.05, 4.69) is 33.4 Å². The molecule has 1 aliphatic rings. The van der Waals surface area contributed by atoms with E-state index < -0.39 is 0 Å². The molecule has 1 fully saturated rings. The van der Waals surface area contributed by atoms with Crippen LogP contribution in [0.4, 0.5) is 0 Å². The van der Waals surface area contributed by atoms with Gasteiger partial charge in [0, 0.05) is 18.3 Å². The first-order valence-electron chi connectivity index (χ1n) is 8.22. The molecule has 0 bridgehead atoms. The van der Waals surface area contributed by atoms with Gasteiger partial charge in [0.25, 0.3) is 0 Å². The molecule has 0 radical (unpaired) electrons. The molecule has 5 heteroatoms. The fraction of sp³-hybridized carbons (Fsp3) is 0.500. The van der Waals surface area contributed by atoms with Gasteiger partial charge in [0.05, 0.1) is 19.3 Å². The number of benzene rings is 1. The van der Waals surface area contributed by atoms with Crippen LogP contribution in [0.25, 0.3) is 0 Å². The summed E-state index contributed by atoms with van der Waals surface area (Å²) < 4.78 is 7.41. The molecular formula is C18H26ClN3O. The summed E-state index contributed by atoms with van der Waals surface area (Å²) in [6.07, 6.45) is 10.5. The number of ether oxygens (including phenoxy) is 1. The fourth-order valence-corrected chi connectivity index (χ4v) is 3.13. The third kappa shape index (κ3) is 4.98. The second-order valence-corrected chi connectivity index (χ2v) is 6.05. The Morgan fingerprint density at radius 2 is 2.09 bits per heavy atom. The summed E-state index contributed by atoms with van der Waals surface area (Å²) in [5, 5.41) is 8.02. The van der Waals surface area contributed by atoms with Crippen LogP contribution >= 0.6 is 12.4 Å². The Morgan fingerprint density at radius 1 is 1.26 bits per heavy atom. The Kier molecular flexibility index (Phi) is 6.93. The first-order chi connectivity index (χ1) is 10.8. The summed E-state index contributed by atoms with van der Waals surface area (Å²) in [6.45, 7) is 1.85. The van der Waals surface area contributed by atoms with Gasteiger partial charge in [-0.2, -0.15) is 5.10 Å². The van der Waals surface area contributed by atoms with Gasteiger partial charge in [0.1, 0.15) is 5.75 Å². The molecule has 1 saturated carbocycles. The first-order valence-corrected chi connectivity index (χ1v) is 8.22. The second-order valence-electron chi connectivity index (χ2n) is 6.05. The van der Waals surface area contributed by atoms with Crippen LogP contribution in [0.3, 0.4) is 0 Å². The van der Waals surface area contributed by atoms with E-state index in [1.807, 2.05) is 18.3 Å². The molecule has 0 spiro atoms. The second kappa shape index (κ2) is 8.94. The van der Waals surface area contributed by atoms with E-state index in [4.69, 9.17) is 4.74 Å². The van der Waals surface area contributed by atoms with Crippen molar-refractivity contribution in [1.82, 2.24) is 15.1 Å². The average molecular weight is 336 g/mol. The molecule has 0 amide bonds. The van der Waals surface area contributed by atoms with E-state index in [1.165, 1.54) is 36.8 Å². The van der Waals surface area contributed by atoms with Gasteiger partial charge < -0.3 is 10.1 Å². The molecule has 0 saturated heterocycles. The Labute approximate surface area is 144 Å². The summed E-state index contributed by atoms with van der Waals surface area (Å²) in [6, 6.07) is 8.89. The lowest BCUT2D eigenvalue weighted by atomic mass is 10.1. The summed E-state index contributed by atoms with van der Waals surface area (Å²) in [4.78, 5) is 0. The number of hydrogen-bond donors (Lipinski definition) is 1. The third-order valence-electron chi connectivity index (χ3n) is 4.41. The lowest BCUT2D eigenvalue weighted by molar-refractivity contribution is 0.414. The van der Waals surface area contributed by atoms with E-state index in [0.717, 1.165) is 25.3 Å². The molecule has 23 heavy (non-hydrogen) atoms. The van der Waals surface area contributed by atoms with Crippen molar-refractivity contribution in [1.29, 1.82) is 0 Å². The zero-order chi connectivity index (χ0) is 15.2. The Balaban J connectivity index is 0.00000192. The first kappa shape index (κ1) is 17.8. The Morgan fingerprint density at radius 3 is 2.87 bits per heavy atom. The Hall–Kier alpha value is -1.52. The maximum Gasteiger partial charge on any atom is 0.119 e. The van der Waals surface area contributed by atoms with Gasteiger partial charge in [-0.3, -0.25) is 4.68 Å². The number of hydrogen-bond acceptors (Lipinski definition) is 3. The van der Waals surface area contributed by atoms with Crippen molar-refractivity contribution < 1.29 is 4.74 Å². The number of aromatic nitrogens is 2. The molecule has 0 unspecified atom stereocenters. The minimum Gasteiger partial charge on any atom is -0.497 e. The molecule has 3 rings (SSSR count). The molecule has 1 aliphatic carbocycles. The van der Waals surface area contributed by atoms with E-state index in [0.29, 0.717) is 6.04 Å². The highest BCUT2D eigenvalue weighted by atomic mass is 35.5. The maximum absolute atomic E-state index is 5.25. The van der Waals surface area contributed by atoms with E-state index in [9.17, 15) is 0 Å². The molecule has 1 aromatic heterocycles. The van der Waals surface area contributed by atoms with E-state index in [-0.39, 0.29) is 12.4 Å². The minimum absolute atomic E-state index is 0. The highest BCUT2D eigenvalue weighted by Crippen LogP contribution is 2.28. The van der Waals surface area contributed by atoms with Crippen LogP contribution in [0.15, 0.2) is 36.7 Å². The van der Waals surface area contributed by atoms with Gasteiger partial charge in [-0.25, -0.2) is 0 Å². The number of nitrogens with one attached hydrogen (secondary N) is 1. The van der Waals surface area contributed by atoms with Crippen molar-refractivity contribution in [3.8, 4) is 5.75 Å². The van der Waals surface area contributed by atoms with Gasteiger partial charge >= 0.3 is 0 Å². The summed E-state index contributed by atoms with van der Waals surface area (Å²) >= 11 is 0. The standard InChI is InChI=1S/C18H25N3O.ClH/c1-22-18-8-4-5-15(11-18)9-10-19-12-16-13-20-21(14-16)17-6-2-3-7-17;/h4-5,8,11,13-14,17,19H,2-3,6-7,9-10,12H2,1H3;1H. The van der Waals surface area contributed by atoms with Crippen LogP contribution < -0.4 is 10.1 Å². The highest BCUT2D eigenvalue weighted by Gasteiger charge is 2.17. The fourth-order valence-electron chi connectivity index (χ4n) is 3.13. The van der Waals surface area contributed by atoms with Crippen LogP contribution in [-0.2, 0) is 13.0 Å². The Bertz CT molecular complexity index is 593. The van der Waals surface area contributed by atoms with Crippen molar-refractivity contribution in [3.05, 3.63) is 47.8 Å².